The Labute approximate surface area is 206 Å². The number of carbonyl (C=O) groups is 4. The summed E-state index contributed by atoms with van der Waals surface area (Å²) in [4.78, 5) is 51.7. The molecule has 0 aromatic rings. The van der Waals surface area contributed by atoms with Crippen molar-refractivity contribution < 1.29 is 58.3 Å². The maximum atomic E-state index is 12.1. The SMILES string of the molecule is CC(=O)OC[C@H]1O[C@@H](C2(O)C(C=NO)=C(CO)C=NC2C)[C@H](OC(C)=O)[C@@H](OC(C)=O)[C@@H]1OC(C)=O. The van der Waals surface area contributed by atoms with Crippen molar-refractivity contribution in [1.82, 2.24) is 0 Å². The van der Waals surface area contributed by atoms with E-state index in [2.05, 4.69) is 10.1 Å². The summed E-state index contributed by atoms with van der Waals surface area (Å²) in [6.45, 7) is 4.70. The Balaban J connectivity index is 2.76. The number of carbonyl (C=O) groups excluding carboxylic acids is 4. The highest BCUT2D eigenvalue weighted by Gasteiger charge is 2.61. The van der Waals surface area contributed by atoms with E-state index >= 15 is 0 Å². The van der Waals surface area contributed by atoms with Gasteiger partial charge in [0.1, 0.15) is 24.4 Å². The van der Waals surface area contributed by atoms with Gasteiger partial charge in [-0.1, -0.05) is 5.16 Å². The number of nitrogens with zero attached hydrogens (tertiary/aromatic N) is 2. The zero-order chi connectivity index (χ0) is 27.2. The van der Waals surface area contributed by atoms with Crippen molar-refractivity contribution in [2.45, 2.75) is 76.8 Å². The van der Waals surface area contributed by atoms with Crippen LogP contribution >= 0.6 is 0 Å². The van der Waals surface area contributed by atoms with E-state index in [1.165, 1.54) is 13.1 Å². The Morgan fingerprint density at radius 1 is 1.03 bits per heavy atom. The smallest absolute Gasteiger partial charge is 0.303 e. The molecule has 0 aromatic heterocycles. The lowest BCUT2D eigenvalue weighted by atomic mass is 9.73. The van der Waals surface area contributed by atoms with E-state index in [-0.39, 0.29) is 11.1 Å². The molecule has 36 heavy (non-hydrogen) atoms. The van der Waals surface area contributed by atoms with Crippen molar-refractivity contribution >= 4 is 36.3 Å². The molecule has 2 aliphatic rings. The first kappa shape index (κ1) is 28.9. The van der Waals surface area contributed by atoms with E-state index in [4.69, 9.17) is 23.7 Å². The van der Waals surface area contributed by atoms with Gasteiger partial charge >= 0.3 is 23.9 Å². The molecule has 0 aromatic carbocycles. The topological polar surface area (TPSA) is 200 Å². The van der Waals surface area contributed by atoms with Crippen LogP contribution in [0.5, 0.6) is 0 Å². The number of dihydropyridines is 1. The summed E-state index contributed by atoms with van der Waals surface area (Å²) in [5, 5.41) is 34.0. The van der Waals surface area contributed by atoms with Gasteiger partial charge in [-0.15, -0.1) is 0 Å². The van der Waals surface area contributed by atoms with Crippen molar-refractivity contribution in [1.29, 1.82) is 0 Å². The first-order valence-corrected chi connectivity index (χ1v) is 10.9. The van der Waals surface area contributed by atoms with Crippen LogP contribution in [0.25, 0.3) is 0 Å². The van der Waals surface area contributed by atoms with Crippen LogP contribution in [0, 0.1) is 0 Å². The van der Waals surface area contributed by atoms with Gasteiger partial charge in [0, 0.05) is 45.1 Å². The Morgan fingerprint density at radius 3 is 2.08 bits per heavy atom. The summed E-state index contributed by atoms with van der Waals surface area (Å²) in [6.07, 6.45) is -5.34. The zero-order valence-electron chi connectivity index (χ0n) is 20.4. The molecule has 14 nitrogen and oxygen atoms in total. The van der Waals surface area contributed by atoms with Crippen molar-refractivity contribution in [3.05, 3.63) is 11.1 Å². The lowest BCUT2D eigenvalue weighted by Crippen LogP contribution is -2.70. The number of aliphatic hydroxyl groups excluding tert-OH is 1. The lowest BCUT2D eigenvalue weighted by molar-refractivity contribution is -0.277. The molecule has 2 aliphatic heterocycles. The summed E-state index contributed by atoms with van der Waals surface area (Å²) < 4.78 is 27.2. The second-order valence-electron chi connectivity index (χ2n) is 8.24. The number of aliphatic hydroxyl groups is 2. The number of ether oxygens (including phenoxy) is 5. The Bertz CT molecular complexity index is 961. The average Bonchev–Trinajstić information content (AvgIpc) is 2.77. The lowest BCUT2D eigenvalue weighted by Gasteiger charge is -2.51. The van der Waals surface area contributed by atoms with E-state index < -0.39 is 79.3 Å². The highest BCUT2D eigenvalue weighted by Crippen LogP contribution is 2.41. The number of rotatable bonds is 8. The maximum Gasteiger partial charge on any atom is 0.303 e. The fraction of sp³-hybridized carbons (Fsp3) is 0.636. The van der Waals surface area contributed by atoms with Gasteiger partial charge in [0.25, 0.3) is 0 Å². The molecule has 0 spiro atoms. The molecular weight excluding hydrogens is 484 g/mol. The van der Waals surface area contributed by atoms with Crippen molar-refractivity contribution in [2.24, 2.45) is 10.1 Å². The second kappa shape index (κ2) is 12.1. The molecule has 0 bridgehead atoms. The minimum atomic E-state index is -2.24. The number of aliphatic imine (C=N–C) groups is 1. The Morgan fingerprint density at radius 2 is 1.58 bits per heavy atom. The molecule has 200 valence electrons. The van der Waals surface area contributed by atoms with Gasteiger partial charge in [-0.05, 0) is 6.92 Å². The van der Waals surface area contributed by atoms with Crippen molar-refractivity contribution in [3.63, 3.8) is 0 Å². The monoisotopic (exact) mass is 514 g/mol. The van der Waals surface area contributed by atoms with Gasteiger partial charge in [0.15, 0.2) is 18.3 Å². The molecule has 1 saturated heterocycles. The minimum Gasteiger partial charge on any atom is -0.463 e. The molecule has 2 unspecified atom stereocenters. The fourth-order valence-corrected chi connectivity index (χ4v) is 4.21. The zero-order valence-corrected chi connectivity index (χ0v) is 20.4. The molecule has 0 radical (unpaired) electrons. The van der Waals surface area contributed by atoms with Crippen LogP contribution in [-0.2, 0) is 42.9 Å². The van der Waals surface area contributed by atoms with Crippen LogP contribution in [0.3, 0.4) is 0 Å². The number of esters is 4. The average molecular weight is 514 g/mol. The summed E-state index contributed by atoms with van der Waals surface area (Å²) in [5.41, 5.74) is -2.31. The molecule has 2 heterocycles. The predicted octanol–water partition coefficient (Wildman–Crippen LogP) is -0.935. The van der Waals surface area contributed by atoms with E-state index in [0.29, 0.717) is 0 Å². The summed E-state index contributed by atoms with van der Waals surface area (Å²) in [6, 6.07) is -1.04. The molecule has 0 aliphatic carbocycles. The first-order valence-electron chi connectivity index (χ1n) is 10.9. The van der Waals surface area contributed by atoms with E-state index in [0.717, 1.165) is 33.9 Å². The van der Waals surface area contributed by atoms with Gasteiger partial charge in [0.2, 0.25) is 0 Å². The fourth-order valence-electron chi connectivity index (χ4n) is 4.21. The molecule has 3 N–H and O–H groups in total. The van der Waals surface area contributed by atoms with Gasteiger partial charge in [-0.2, -0.15) is 0 Å². The normalized spacial score (nSPS) is 32.2. The second-order valence-corrected chi connectivity index (χ2v) is 8.24. The molecular formula is C22H30N2O12. The van der Waals surface area contributed by atoms with Crippen LogP contribution in [0.1, 0.15) is 34.6 Å². The van der Waals surface area contributed by atoms with Crippen LogP contribution in [0.4, 0.5) is 0 Å². The predicted molar refractivity (Wildman–Crippen MR) is 119 cm³/mol. The molecule has 1 fully saturated rings. The third kappa shape index (κ3) is 6.25. The van der Waals surface area contributed by atoms with Crippen LogP contribution in [0.15, 0.2) is 21.3 Å². The third-order valence-electron chi connectivity index (χ3n) is 5.65. The molecule has 0 amide bonds. The number of oxime groups is 1. The summed E-state index contributed by atoms with van der Waals surface area (Å²) in [7, 11) is 0. The Hall–Kier alpha value is -3.36. The summed E-state index contributed by atoms with van der Waals surface area (Å²) >= 11 is 0. The van der Waals surface area contributed by atoms with Crippen molar-refractivity contribution in [3.8, 4) is 0 Å². The quantitative estimate of drug-likeness (QED) is 0.118. The van der Waals surface area contributed by atoms with Crippen LogP contribution < -0.4 is 0 Å². The van der Waals surface area contributed by atoms with Gasteiger partial charge in [-0.25, -0.2) is 0 Å². The van der Waals surface area contributed by atoms with Gasteiger partial charge in [-0.3, -0.25) is 24.2 Å². The van der Waals surface area contributed by atoms with Gasteiger partial charge in [0.05, 0.1) is 18.9 Å². The molecule has 0 saturated carbocycles. The van der Waals surface area contributed by atoms with Crippen molar-refractivity contribution in [2.75, 3.05) is 13.2 Å². The molecule has 7 atom stereocenters. The van der Waals surface area contributed by atoms with Crippen LogP contribution in [-0.4, -0.2) is 107 Å². The first-order chi connectivity index (χ1) is 16.9. The van der Waals surface area contributed by atoms with Gasteiger partial charge < -0.3 is 39.1 Å². The van der Waals surface area contributed by atoms with E-state index in [9.17, 15) is 34.6 Å². The van der Waals surface area contributed by atoms with E-state index in [1.807, 2.05) is 0 Å². The largest absolute Gasteiger partial charge is 0.463 e. The van der Waals surface area contributed by atoms with Crippen LogP contribution in [0.2, 0.25) is 0 Å². The highest BCUT2D eigenvalue weighted by molar-refractivity contribution is 5.95. The Kier molecular flexibility index (Phi) is 9.67. The highest BCUT2D eigenvalue weighted by atomic mass is 16.7. The summed E-state index contributed by atoms with van der Waals surface area (Å²) in [5.74, 6) is -3.21. The minimum absolute atomic E-state index is 0.0567. The number of hydrogen-bond donors (Lipinski definition) is 3. The maximum absolute atomic E-state index is 12.1. The molecule has 14 heteroatoms. The standard InChI is InChI=1S/C22H30N2O12/c1-10-22(30,16(7-24-31)15(8-25)6-23-10)21-20(35-14(5)29)19(34-13(4)28)18(33-12(3)27)17(36-21)9-32-11(2)26/h6-7,10,17-21,25,30-31H,8-9H2,1-5H3/t10?,17-,18-,19+,20-,21-,22?/m1/s1. The third-order valence-corrected chi connectivity index (χ3v) is 5.65. The number of hydrogen-bond acceptors (Lipinski definition) is 14. The molecule has 2 rings (SSSR count). The van der Waals surface area contributed by atoms with E-state index in [1.54, 1.807) is 0 Å².